The molecule has 30 heavy (non-hydrogen) atoms. The zero-order chi connectivity index (χ0) is 21.3. The molecule has 1 amide bonds. The second-order valence-electron chi connectivity index (χ2n) is 7.26. The molecule has 1 N–H and O–H groups in total. The Morgan fingerprint density at radius 3 is 2.73 bits per heavy atom. The monoisotopic (exact) mass is 409 g/mol. The fourth-order valence-corrected chi connectivity index (χ4v) is 3.54. The smallest absolute Gasteiger partial charge is 0.332 e. The normalized spacial score (nSPS) is 13.6. The molecule has 3 aromatic heterocycles. The average molecular weight is 409 g/mol. The first kappa shape index (κ1) is 19.6. The van der Waals surface area contributed by atoms with Gasteiger partial charge in [0.25, 0.3) is 5.56 Å². The van der Waals surface area contributed by atoms with Crippen molar-refractivity contribution in [1.29, 1.82) is 0 Å². The minimum atomic E-state index is -0.484. The number of amides is 1. The SMILES string of the molecule is Cn1c(=O)c2c(ncn2CC(=O)NCc2nccn2CC2=CCCC=C2)n(C)c1=O. The molecule has 156 valence electrons. The predicted molar refractivity (Wildman–Crippen MR) is 111 cm³/mol. The maximum absolute atomic E-state index is 12.5. The lowest BCUT2D eigenvalue weighted by molar-refractivity contribution is -0.121. The zero-order valence-corrected chi connectivity index (χ0v) is 16.9. The molecule has 0 radical (unpaired) electrons. The Hall–Kier alpha value is -3.69. The average Bonchev–Trinajstić information content (AvgIpc) is 3.37. The van der Waals surface area contributed by atoms with Crippen LogP contribution in [0.15, 0.2) is 52.1 Å². The summed E-state index contributed by atoms with van der Waals surface area (Å²) in [4.78, 5) is 45.5. The van der Waals surface area contributed by atoms with Gasteiger partial charge in [0.1, 0.15) is 12.4 Å². The van der Waals surface area contributed by atoms with E-state index >= 15 is 0 Å². The molecule has 10 heteroatoms. The Bertz CT molecular complexity index is 1290. The van der Waals surface area contributed by atoms with Crippen molar-refractivity contribution in [3.05, 3.63) is 69.2 Å². The van der Waals surface area contributed by atoms with Crippen molar-refractivity contribution in [2.24, 2.45) is 14.1 Å². The van der Waals surface area contributed by atoms with Crippen LogP contribution in [0.2, 0.25) is 0 Å². The molecular formula is C20H23N7O3. The quantitative estimate of drug-likeness (QED) is 0.627. The number of carbonyl (C=O) groups is 1. The van der Waals surface area contributed by atoms with Crippen molar-refractivity contribution in [3.8, 4) is 0 Å². The number of nitrogens with zero attached hydrogens (tertiary/aromatic N) is 6. The van der Waals surface area contributed by atoms with E-state index in [4.69, 9.17) is 0 Å². The van der Waals surface area contributed by atoms with Gasteiger partial charge in [-0.15, -0.1) is 0 Å². The molecule has 0 saturated heterocycles. The standard InChI is InChI=1S/C20H23N7O3/c1-24-18-17(19(29)25(2)20(24)30)27(13-23-18)12-16(28)22-10-15-21-8-9-26(15)11-14-6-4-3-5-7-14/h4,6-9,13H,3,5,10-12H2,1-2H3,(H,22,28). The summed E-state index contributed by atoms with van der Waals surface area (Å²) in [7, 11) is 2.94. The van der Waals surface area contributed by atoms with E-state index in [1.165, 1.54) is 35.1 Å². The van der Waals surface area contributed by atoms with Gasteiger partial charge in [-0.1, -0.05) is 18.2 Å². The highest BCUT2D eigenvalue weighted by molar-refractivity contribution is 5.78. The summed E-state index contributed by atoms with van der Waals surface area (Å²) >= 11 is 0. The largest absolute Gasteiger partial charge is 0.347 e. The summed E-state index contributed by atoms with van der Waals surface area (Å²) in [5.74, 6) is 0.466. The van der Waals surface area contributed by atoms with Crippen molar-refractivity contribution in [1.82, 2.24) is 33.6 Å². The van der Waals surface area contributed by atoms with Gasteiger partial charge < -0.3 is 14.5 Å². The number of imidazole rings is 2. The van der Waals surface area contributed by atoms with Crippen LogP contribution < -0.4 is 16.6 Å². The first-order valence-electron chi connectivity index (χ1n) is 9.69. The lowest BCUT2D eigenvalue weighted by Crippen LogP contribution is -2.38. The molecule has 1 aliphatic carbocycles. The number of rotatable bonds is 6. The van der Waals surface area contributed by atoms with Gasteiger partial charge >= 0.3 is 5.69 Å². The summed E-state index contributed by atoms with van der Waals surface area (Å²) < 4.78 is 5.75. The molecule has 4 rings (SSSR count). The number of carbonyl (C=O) groups excluding carboxylic acids is 1. The van der Waals surface area contributed by atoms with Gasteiger partial charge in [-0.25, -0.2) is 14.8 Å². The lowest BCUT2D eigenvalue weighted by Gasteiger charge is -2.12. The van der Waals surface area contributed by atoms with E-state index in [2.05, 4.69) is 33.5 Å². The molecule has 0 saturated carbocycles. The molecule has 0 unspecified atom stereocenters. The second-order valence-corrected chi connectivity index (χ2v) is 7.26. The topological polar surface area (TPSA) is 109 Å². The maximum Gasteiger partial charge on any atom is 0.332 e. The number of hydrogen-bond donors (Lipinski definition) is 1. The molecule has 0 atom stereocenters. The summed E-state index contributed by atoms with van der Waals surface area (Å²) in [6.07, 6.45) is 13.6. The minimum Gasteiger partial charge on any atom is -0.347 e. The molecule has 0 bridgehead atoms. The highest BCUT2D eigenvalue weighted by atomic mass is 16.2. The van der Waals surface area contributed by atoms with E-state index in [1.807, 2.05) is 10.8 Å². The summed E-state index contributed by atoms with van der Waals surface area (Å²) in [6, 6.07) is 0. The van der Waals surface area contributed by atoms with Crippen LogP contribution in [-0.2, 0) is 38.5 Å². The summed E-state index contributed by atoms with van der Waals surface area (Å²) in [5, 5.41) is 2.84. The van der Waals surface area contributed by atoms with Gasteiger partial charge in [-0.05, 0) is 18.4 Å². The molecule has 0 aliphatic heterocycles. The molecule has 10 nitrogen and oxygen atoms in total. The van der Waals surface area contributed by atoms with Crippen molar-refractivity contribution in [3.63, 3.8) is 0 Å². The van der Waals surface area contributed by atoms with Crippen molar-refractivity contribution in [2.45, 2.75) is 32.5 Å². The maximum atomic E-state index is 12.5. The highest BCUT2D eigenvalue weighted by Gasteiger charge is 2.16. The van der Waals surface area contributed by atoms with Crippen molar-refractivity contribution >= 4 is 17.1 Å². The van der Waals surface area contributed by atoms with Gasteiger partial charge in [0, 0.05) is 33.0 Å². The van der Waals surface area contributed by atoms with E-state index < -0.39 is 11.2 Å². The number of allylic oxidation sites excluding steroid dienone is 4. The molecule has 3 heterocycles. The molecule has 0 fully saturated rings. The molecular weight excluding hydrogens is 386 g/mol. The summed E-state index contributed by atoms with van der Waals surface area (Å²) in [5.41, 5.74) is 0.741. The van der Waals surface area contributed by atoms with Crippen LogP contribution in [-0.4, -0.2) is 34.1 Å². The van der Waals surface area contributed by atoms with Gasteiger partial charge in [-0.2, -0.15) is 0 Å². The third-order valence-electron chi connectivity index (χ3n) is 5.20. The minimum absolute atomic E-state index is 0.0848. The highest BCUT2D eigenvalue weighted by Crippen LogP contribution is 2.13. The Balaban J connectivity index is 1.46. The van der Waals surface area contributed by atoms with Crippen LogP contribution in [0, 0.1) is 0 Å². The molecule has 0 spiro atoms. The summed E-state index contributed by atoms with van der Waals surface area (Å²) in [6.45, 7) is 0.891. The number of aromatic nitrogens is 6. The number of hydrogen-bond acceptors (Lipinski definition) is 5. The van der Waals surface area contributed by atoms with Crippen LogP contribution in [0.5, 0.6) is 0 Å². The van der Waals surface area contributed by atoms with Crippen LogP contribution >= 0.6 is 0 Å². The fraction of sp³-hybridized carbons (Fsp3) is 0.350. The van der Waals surface area contributed by atoms with Crippen molar-refractivity contribution in [2.75, 3.05) is 0 Å². The Kier molecular flexibility index (Phi) is 5.21. The van der Waals surface area contributed by atoms with Gasteiger partial charge in [0.05, 0.1) is 12.9 Å². The second kappa shape index (κ2) is 7.97. The number of fused-ring (bicyclic) bond motifs is 1. The van der Waals surface area contributed by atoms with Crippen LogP contribution in [0.1, 0.15) is 18.7 Å². The van der Waals surface area contributed by atoms with Crippen LogP contribution in [0.3, 0.4) is 0 Å². The molecule has 1 aliphatic rings. The van der Waals surface area contributed by atoms with Crippen LogP contribution in [0.25, 0.3) is 11.2 Å². The van der Waals surface area contributed by atoms with E-state index in [9.17, 15) is 14.4 Å². The zero-order valence-electron chi connectivity index (χ0n) is 16.9. The van der Waals surface area contributed by atoms with E-state index in [-0.39, 0.29) is 30.2 Å². The van der Waals surface area contributed by atoms with Gasteiger partial charge in [0.2, 0.25) is 5.91 Å². The van der Waals surface area contributed by atoms with E-state index in [0.29, 0.717) is 6.54 Å². The number of nitrogens with one attached hydrogen (secondary N) is 1. The first-order chi connectivity index (χ1) is 14.5. The fourth-order valence-electron chi connectivity index (χ4n) is 3.54. The van der Waals surface area contributed by atoms with Gasteiger partial charge in [0.15, 0.2) is 11.2 Å². The Morgan fingerprint density at radius 1 is 1.13 bits per heavy atom. The Labute approximate surface area is 171 Å². The molecule has 3 aromatic rings. The predicted octanol–water partition coefficient (Wildman–Crippen LogP) is 0.223. The van der Waals surface area contributed by atoms with E-state index in [1.54, 1.807) is 6.20 Å². The molecule has 0 aromatic carbocycles. The van der Waals surface area contributed by atoms with E-state index in [0.717, 1.165) is 23.2 Å². The Morgan fingerprint density at radius 2 is 1.97 bits per heavy atom. The first-order valence-corrected chi connectivity index (χ1v) is 9.69. The third kappa shape index (κ3) is 3.63. The lowest BCUT2D eigenvalue weighted by atomic mass is 10.1. The van der Waals surface area contributed by atoms with Crippen molar-refractivity contribution < 1.29 is 4.79 Å². The van der Waals surface area contributed by atoms with Crippen LogP contribution in [0.4, 0.5) is 0 Å². The third-order valence-corrected chi connectivity index (χ3v) is 5.20. The van der Waals surface area contributed by atoms with Gasteiger partial charge in [-0.3, -0.25) is 18.7 Å². The number of aryl methyl sites for hydroxylation is 1.